The van der Waals surface area contributed by atoms with Crippen molar-refractivity contribution >= 4 is 15.9 Å². The molecule has 4 heteroatoms. The molecule has 2 atom stereocenters. The predicted octanol–water partition coefficient (Wildman–Crippen LogP) is 3.27. The fraction of sp³-hybridized carbons (Fsp3) is 0.143. The summed E-state index contributed by atoms with van der Waals surface area (Å²) in [5.74, 6) is 0. The standard InChI is InChI=1S/C14H13BrN2O/c15-12-8-6-11(7-9-12)14-17-16-13(18-14)10-4-2-1-3-5-10/h1-9,13-14,16-17H. The van der Waals surface area contributed by atoms with Crippen LogP contribution in [-0.4, -0.2) is 0 Å². The summed E-state index contributed by atoms with van der Waals surface area (Å²) in [7, 11) is 0. The number of nitrogens with one attached hydrogen (secondary N) is 2. The zero-order valence-corrected chi connectivity index (χ0v) is 11.2. The molecule has 2 N–H and O–H groups in total. The van der Waals surface area contributed by atoms with E-state index >= 15 is 0 Å². The van der Waals surface area contributed by atoms with Crippen molar-refractivity contribution in [3.05, 3.63) is 70.2 Å². The van der Waals surface area contributed by atoms with E-state index in [2.05, 4.69) is 26.8 Å². The van der Waals surface area contributed by atoms with E-state index in [0.717, 1.165) is 15.6 Å². The van der Waals surface area contributed by atoms with Gasteiger partial charge in [0.2, 0.25) is 0 Å². The number of benzene rings is 2. The van der Waals surface area contributed by atoms with Gasteiger partial charge in [0.25, 0.3) is 0 Å². The van der Waals surface area contributed by atoms with E-state index in [4.69, 9.17) is 4.74 Å². The summed E-state index contributed by atoms with van der Waals surface area (Å²) in [6.45, 7) is 0. The maximum absolute atomic E-state index is 5.94. The van der Waals surface area contributed by atoms with E-state index in [1.807, 2.05) is 54.6 Å². The number of rotatable bonds is 2. The second kappa shape index (κ2) is 5.20. The normalized spacial score (nSPS) is 23.2. The maximum atomic E-state index is 5.94. The topological polar surface area (TPSA) is 33.3 Å². The Hall–Kier alpha value is -1.20. The predicted molar refractivity (Wildman–Crippen MR) is 73.4 cm³/mol. The first-order chi connectivity index (χ1) is 8.83. The first-order valence-electron chi connectivity index (χ1n) is 5.80. The fourth-order valence-corrected chi connectivity index (χ4v) is 2.21. The van der Waals surface area contributed by atoms with Crippen molar-refractivity contribution in [2.45, 2.75) is 12.5 Å². The molecule has 18 heavy (non-hydrogen) atoms. The van der Waals surface area contributed by atoms with Crippen molar-refractivity contribution < 1.29 is 4.74 Å². The minimum atomic E-state index is -0.122. The summed E-state index contributed by atoms with van der Waals surface area (Å²) in [4.78, 5) is 0. The highest BCUT2D eigenvalue weighted by Crippen LogP contribution is 2.27. The molecule has 1 heterocycles. The molecular formula is C14H13BrN2O. The van der Waals surface area contributed by atoms with Gasteiger partial charge in [-0.1, -0.05) is 58.4 Å². The average molecular weight is 305 g/mol. The van der Waals surface area contributed by atoms with E-state index in [1.165, 1.54) is 0 Å². The Bertz CT molecular complexity index is 515. The third-order valence-electron chi connectivity index (χ3n) is 2.89. The highest BCUT2D eigenvalue weighted by molar-refractivity contribution is 9.10. The van der Waals surface area contributed by atoms with Crippen LogP contribution in [0, 0.1) is 0 Å². The van der Waals surface area contributed by atoms with Crippen LogP contribution in [0.1, 0.15) is 23.6 Å². The van der Waals surface area contributed by atoms with Gasteiger partial charge >= 0.3 is 0 Å². The molecule has 2 unspecified atom stereocenters. The third-order valence-corrected chi connectivity index (χ3v) is 3.42. The molecule has 3 rings (SSSR count). The SMILES string of the molecule is Brc1ccc(C2NNC(c3ccccc3)O2)cc1. The van der Waals surface area contributed by atoms with Crippen LogP contribution < -0.4 is 10.9 Å². The lowest BCUT2D eigenvalue weighted by molar-refractivity contribution is 0.0341. The summed E-state index contributed by atoms with van der Waals surface area (Å²) in [5, 5.41) is 0. The van der Waals surface area contributed by atoms with Crippen LogP contribution in [0.2, 0.25) is 0 Å². The molecule has 0 saturated carbocycles. The Balaban J connectivity index is 1.74. The summed E-state index contributed by atoms with van der Waals surface area (Å²) in [5.41, 5.74) is 8.52. The lowest BCUT2D eigenvalue weighted by atomic mass is 10.2. The number of hydrazine groups is 1. The Kier molecular flexibility index (Phi) is 3.43. The van der Waals surface area contributed by atoms with Gasteiger partial charge in [-0.3, -0.25) is 0 Å². The molecule has 0 aliphatic carbocycles. The number of hydrogen-bond acceptors (Lipinski definition) is 3. The van der Waals surface area contributed by atoms with Gasteiger partial charge in [-0.15, -0.1) is 0 Å². The molecule has 1 fully saturated rings. The van der Waals surface area contributed by atoms with Gasteiger partial charge in [0, 0.05) is 4.47 Å². The van der Waals surface area contributed by atoms with Crippen LogP contribution in [0.5, 0.6) is 0 Å². The van der Waals surface area contributed by atoms with Gasteiger partial charge in [-0.05, 0) is 23.3 Å². The molecule has 0 radical (unpaired) electrons. The summed E-state index contributed by atoms with van der Waals surface area (Å²) in [6, 6.07) is 18.2. The van der Waals surface area contributed by atoms with Gasteiger partial charge in [0.15, 0.2) is 0 Å². The molecule has 92 valence electrons. The smallest absolute Gasteiger partial charge is 0.149 e. The van der Waals surface area contributed by atoms with E-state index in [0.29, 0.717) is 0 Å². The highest BCUT2D eigenvalue weighted by Gasteiger charge is 2.26. The van der Waals surface area contributed by atoms with Gasteiger partial charge in [-0.25, -0.2) is 10.9 Å². The lowest BCUT2D eigenvalue weighted by Gasteiger charge is -2.11. The quantitative estimate of drug-likeness (QED) is 0.893. The zero-order valence-electron chi connectivity index (χ0n) is 9.64. The van der Waals surface area contributed by atoms with Gasteiger partial charge in [0.05, 0.1) is 0 Å². The van der Waals surface area contributed by atoms with Gasteiger partial charge in [0.1, 0.15) is 12.5 Å². The first-order valence-corrected chi connectivity index (χ1v) is 6.59. The first kappa shape index (κ1) is 11.9. The van der Waals surface area contributed by atoms with Crippen molar-refractivity contribution in [2.75, 3.05) is 0 Å². The Morgan fingerprint density at radius 3 is 1.94 bits per heavy atom. The minimum absolute atomic E-state index is 0.111. The van der Waals surface area contributed by atoms with Crippen LogP contribution in [0.15, 0.2) is 59.1 Å². The second-order valence-electron chi connectivity index (χ2n) is 4.15. The summed E-state index contributed by atoms with van der Waals surface area (Å²) >= 11 is 3.43. The maximum Gasteiger partial charge on any atom is 0.149 e. The summed E-state index contributed by atoms with van der Waals surface area (Å²) < 4.78 is 7.00. The van der Waals surface area contributed by atoms with Crippen LogP contribution in [-0.2, 0) is 4.74 Å². The highest BCUT2D eigenvalue weighted by atomic mass is 79.9. The fourth-order valence-electron chi connectivity index (χ4n) is 1.94. The minimum Gasteiger partial charge on any atom is -0.334 e. The molecule has 1 aliphatic rings. The van der Waals surface area contributed by atoms with Crippen molar-refractivity contribution in [3.8, 4) is 0 Å². The van der Waals surface area contributed by atoms with Crippen LogP contribution in [0.4, 0.5) is 0 Å². The van der Waals surface area contributed by atoms with Crippen LogP contribution in [0.3, 0.4) is 0 Å². The molecule has 0 amide bonds. The molecule has 1 aliphatic heterocycles. The largest absolute Gasteiger partial charge is 0.334 e. The number of hydrogen-bond donors (Lipinski definition) is 2. The molecule has 1 saturated heterocycles. The van der Waals surface area contributed by atoms with Gasteiger partial charge < -0.3 is 4.74 Å². The van der Waals surface area contributed by atoms with Crippen LogP contribution in [0.25, 0.3) is 0 Å². The Morgan fingerprint density at radius 2 is 1.33 bits per heavy atom. The molecule has 0 spiro atoms. The average Bonchev–Trinajstić information content (AvgIpc) is 2.90. The Labute approximate surface area is 114 Å². The molecule has 2 aromatic carbocycles. The second-order valence-corrected chi connectivity index (χ2v) is 5.06. The van der Waals surface area contributed by atoms with Crippen molar-refractivity contribution in [2.24, 2.45) is 0 Å². The molecular weight excluding hydrogens is 292 g/mol. The Morgan fingerprint density at radius 1 is 0.778 bits per heavy atom. The third kappa shape index (κ3) is 2.47. The van der Waals surface area contributed by atoms with E-state index in [-0.39, 0.29) is 12.5 Å². The monoisotopic (exact) mass is 304 g/mol. The molecule has 3 nitrogen and oxygen atoms in total. The molecule has 0 aromatic heterocycles. The van der Waals surface area contributed by atoms with Crippen molar-refractivity contribution in [1.82, 2.24) is 10.9 Å². The summed E-state index contributed by atoms with van der Waals surface area (Å²) in [6.07, 6.45) is -0.233. The van der Waals surface area contributed by atoms with E-state index in [9.17, 15) is 0 Å². The van der Waals surface area contributed by atoms with Crippen LogP contribution >= 0.6 is 15.9 Å². The van der Waals surface area contributed by atoms with E-state index in [1.54, 1.807) is 0 Å². The molecule has 2 aromatic rings. The van der Waals surface area contributed by atoms with Gasteiger partial charge in [-0.2, -0.15) is 0 Å². The lowest BCUT2D eigenvalue weighted by Crippen LogP contribution is -2.26. The number of ether oxygens (including phenoxy) is 1. The van der Waals surface area contributed by atoms with Crippen molar-refractivity contribution in [1.29, 1.82) is 0 Å². The van der Waals surface area contributed by atoms with E-state index < -0.39 is 0 Å². The molecule has 0 bridgehead atoms. The van der Waals surface area contributed by atoms with Crippen molar-refractivity contribution in [3.63, 3.8) is 0 Å². The number of halogens is 1. The zero-order chi connectivity index (χ0) is 12.4.